The largest absolute Gasteiger partial charge is 0.489 e. The maximum atomic E-state index is 13.0. The second-order valence-electron chi connectivity index (χ2n) is 6.12. The third-order valence-corrected chi connectivity index (χ3v) is 5.21. The van der Waals surface area contributed by atoms with Crippen LogP contribution < -0.4 is 10.1 Å². The highest BCUT2D eigenvalue weighted by Crippen LogP contribution is 2.29. The molecule has 6 nitrogen and oxygen atoms in total. The van der Waals surface area contributed by atoms with E-state index in [9.17, 15) is 9.59 Å². The normalized spacial score (nSPS) is 10.7. The molecule has 29 heavy (non-hydrogen) atoms. The third-order valence-electron chi connectivity index (χ3n) is 4.32. The molecule has 4 aromatic rings. The first-order valence-corrected chi connectivity index (χ1v) is 9.70. The number of hydrogen-bond acceptors (Lipinski definition) is 6. The first-order chi connectivity index (χ1) is 14.2. The van der Waals surface area contributed by atoms with Crippen molar-refractivity contribution in [1.29, 1.82) is 0 Å². The summed E-state index contributed by atoms with van der Waals surface area (Å²) in [4.78, 5) is 25.2. The van der Waals surface area contributed by atoms with Gasteiger partial charge in [-0.15, -0.1) is 11.3 Å². The Morgan fingerprint density at radius 2 is 1.79 bits per heavy atom. The molecule has 0 saturated carbocycles. The molecule has 4 rings (SSSR count). The van der Waals surface area contributed by atoms with Crippen LogP contribution in [0.4, 0.5) is 5.69 Å². The number of benzene rings is 2. The minimum absolute atomic E-state index is 0.143. The number of anilines is 1. The summed E-state index contributed by atoms with van der Waals surface area (Å²) in [6.07, 6.45) is 0. The van der Waals surface area contributed by atoms with Crippen LogP contribution in [0.2, 0.25) is 0 Å². The summed E-state index contributed by atoms with van der Waals surface area (Å²) in [6.45, 7) is 0.164. The van der Waals surface area contributed by atoms with E-state index in [1.165, 1.54) is 18.4 Å². The quantitative estimate of drug-likeness (QED) is 0.449. The van der Waals surface area contributed by atoms with E-state index < -0.39 is 11.9 Å². The molecule has 0 saturated heterocycles. The molecule has 0 spiro atoms. The van der Waals surface area contributed by atoms with Gasteiger partial charge >= 0.3 is 5.97 Å². The molecule has 0 aliphatic carbocycles. The molecule has 1 N–H and O–H groups in total. The van der Waals surface area contributed by atoms with Crippen molar-refractivity contribution >= 4 is 39.9 Å². The Labute approximate surface area is 170 Å². The van der Waals surface area contributed by atoms with Crippen LogP contribution in [0.5, 0.6) is 5.75 Å². The molecule has 146 valence electrons. The van der Waals surface area contributed by atoms with Crippen molar-refractivity contribution in [3.63, 3.8) is 0 Å². The van der Waals surface area contributed by atoms with Gasteiger partial charge in [0.25, 0.3) is 5.91 Å². The topological polar surface area (TPSA) is 77.8 Å². The highest BCUT2D eigenvalue weighted by molar-refractivity contribution is 7.12. The van der Waals surface area contributed by atoms with Crippen LogP contribution in [0, 0.1) is 0 Å². The molecule has 1 amide bonds. The summed E-state index contributed by atoms with van der Waals surface area (Å²) >= 11 is 1.19. The van der Waals surface area contributed by atoms with Gasteiger partial charge < -0.3 is 19.2 Å². The Hall–Kier alpha value is -3.58. The average molecular weight is 407 g/mol. The Balaban J connectivity index is 1.65. The van der Waals surface area contributed by atoms with Gasteiger partial charge in [0.2, 0.25) is 0 Å². The SMILES string of the molecule is COC(=O)c1sccc1NC(=O)c1oc2ccccc2c1COc1ccccc1. The van der Waals surface area contributed by atoms with Crippen LogP contribution in [0.25, 0.3) is 11.0 Å². The van der Waals surface area contributed by atoms with Gasteiger partial charge in [0.15, 0.2) is 5.76 Å². The monoisotopic (exact) mass is 407 g/mol. The van der Waals surface area contributed by atoms with Gasteiger partial charge in [0.1, 0.15) is 22.8 Å². The highest BCUT2D eigenvalue weighted by atomic mass is 32.1. The zero-order chi connectivity index (χ0) is 20.2. The molecular formula is C22H17NO5S. The molecule has 7 heteroatoms. The number of nitrogens with one attached hydrogen (secondary N) is 1. The lowest BCUT2D eigenvalue weighted by atomic mass is 10.1. The highest BCUT2D eigenvalue weighted by Gasteiger charge is 2.23. The van der Waals surface area contributed by atoms with Gasteiger partial charge in [-0.25, -0.2) is 4.79 Å². The average Bonchev–Trinajstić information content (AvgIpc) is 3.37. The molecule has 2 aromatic carbocycles. The number of rotatable bonds is 6. The number of furan rings is 1. The van der Waals surface area contributed by atoms with E-state index in [0.29, 0.717) is 27.5 Å². The smallest absolute Gasteiger partial charge is 0.350 e. The standard InChI is InChI=1S/C22H17NO5S/c1-26-22(25)20-17(11-12-29-20)23-21(24)19-16(13-27-14-7-3-2-4-8-14)15-9-5-6-10-18(15)28-19/h2-12H,13H2,1H3,(H,23,24). The fourth-order valence-corrected chi connectivity index (χ4v) is 3.70. The summed E-state index contributed by atoms with van der Waals surface area (Å²) in [5, 5.41) is 5.25. The van der Waals surface area contributed by atoms with E-state index in [0.717, 1.165) is 5.39 Å². The number of thiophene rings is 1. The van der Waals surface area contributed by atoms with E-state index in [1.54, 1.807) is 17.5 Å². The zero-order valence-electron chi connectivity index (χ0n) is 15.5. The number of amides is 1. The lowest BCUT2D eigenvalue weighted by Gasteiger charge is -2.08. The predicted octanol–water partition coefficient (Wildman–Crippen LogP) is 5.11. The minimum atomic E-state index is -0.507. The Morgan fingerprint density at radius 1 is 1.03 bits per heavy atom. The van der Waals surface area contributed by atoms with E-state index in [4.69, 9.17) is 13.9 Å². The molecule has 2 aromatic heterocycles. The first-order valence-electron chi connectivity index (χ1n) is 8.83. The number of hydrogen-bond donors (Lipinski definition) is 1. The van der Waals surface area contributed by atoms with Crippen molar-refractivity contribution in [1.82, 2.24) is 0 Å². The molecule has 0 bridgehead atoms. The van der Waals surface area contributed by atoms with Gasteiger partial charge in [-0.1, -0.05) is 36.4 Å². The lowest BCUT2D eigenvalue weighted by Crippen LogP contribution is -2.15. The first kappa shape index (κ1) is 18.8. The van der Waals surface area contributed by atoms with E-state index >= 15 is 0 Å². The van der Waals surface area contributed by atoms with Gasteiger partial charge in [-0.05, 0) is 29.6 Å². The molecule has 0 radical (unpaired) electrons. The lowest BCUT2D eigenvalue weighted by molar-refractivity contribution is 0.0607. The van der Waals surface area contributed by atoms with E-state index in [1.807, 2.05) is 48.5 Å². The fraction of sp³-hybridized carbons (Fsp3) is 0.0909. The second-order valence-corrected chi connectivity index (χ2v) is 7.03. The van der Waals surface area contributed by atoms with Gasteiger partial charge in [-0.2, -0.15) is 0 Å². The van der Waals surface area contributed by atoms with Crippen LogP contribution in [0.15, 0.2) is 70.5 Å². The van der Waals surface area contributed by atoms with Gasteiger partial charge in [0, 0.05) is 10.9 Å². The van der Waals surface area contributed by atoms with Crippen molar-refractivity contribution < 1.29 is 23.5 Å². The summed E-state index contributed by atoms with van der Waals surface area (Å²) in [5.41, 5.74) is 1.60. The van der Waals surface area contributed by atoms with Crippen LogP contribution in [-0.4, -0.2) is 19.0 Å². The minimum Gasteiger partial charge on any atom is -0.489 e. The number of esters is 1. The van der Waals surface area contributed by atoms with Crippen molar-refractivity contribution in [3.8, 4) is 5.75 Å². The summed E-state index contributed by atoms with van der Waals surface area (Å²) < 4.78 is 16.4. The Bertz CT molecular complexity index is 1160. The number of carbonyl (C=O) groups is 2. The zero-order valence-corrected chi connectivity index (χ0v) is 16.3. The number of ether oxygens (including phenoxy) is 2. The van der Waals surface area contributed by atoms with E-state index in [-0.39, 0.29) is 12.4 Å². The predicted molar refractivity (Wildman–Crippen MR) is 111 cm³/mol. The Morgan fingerprint density at radius 3 is 2.59 bits per heavy atom. The summed E-state index contributed by atoms with van der Waals surface area (Å²) in [5.74, 6) is -0.136. The summed E-state index contributed by atoms with van der Waals surface area (Å²) in [7, 11) is 1.30. The number of fused-ring (bicyclic) bond motifs is 1. The number of methoxy groups -OCH3 is 1. The van der Waals surface area contributed by atoms with Crippen LogP contribution in [0.1, 0.15) is 25.8 Å². The molecule has 0 aliphatic rings. The van der Waals surface area contributed by atoms with Gasteiger partial charge in [0.05, 0.1) is 12.8 Å². The third kappa shape index (κ3) is 3.86. The van der Waals surface area contributed by atoms with Crippen LogP contribution in [-0.2, 0) is 11.3 Å². The van der Waals surface area contributed by atoms with Crippen LogP contribution in [0.3, 0.4) is 0 Å². The molecular weight excluding hydrogens is 390 g/mol. The fourth-order valence-electron chi connectivity index (χ4n) is 2.94. The van der Waals surface area contributed by atoms with Crippen molar-refractivity contribution in [2.24, 2.45) is 0 Å². The Kier molecular flexibility index (Phi) is 5.31. The number of carbonyl (C=O) groups excluding carboxylic acids is 2. The molecule has 0 fully saturated rings. The van der Waals surface area contributed by atoms with Crippen molar-refractivity contribution in [2.45, 2.75) is 6.61 Å². The van der Waals surface area contributed by atoms with Crippen LogP contribution >= 0.6 is 11.3 Å². The van der Waals surface area contributed by atoms with E-state index in [2.05, 4.69) is 5.32 Å². The van der Waals surface area contributed by atoms with Crippen molar-refractivity contribution in [2.75, 3.05) is 12.4 Å². The molecule has 2 heterocycles. The maximum Gasteiger partial charge on any atom is 0.350 e. The molecule has 0 unspecified atom stereocenters. The maximum absolute atomic E-state index is 13.0. The second kappa shape index (κ2) is 8.20. The number of para-hydroxylation sites is 2. The summed E-state index contributed by atoms with van der Waals surface area (Å²) in [6, 6.07) is 18.4. The molecule has 0 atom stereocenters. The van der Waals surface area contributed by atoms with Crippen molar-refractivity contribution in [3.05, 3.63) is 82.2 Å². The molecule has 0 aliphatic heterocycles. The van der Waals surface area contributed by atoms with Gasteiger partial charge in [-0.3, -0.25) is 4.79 Å².